The third kappa shape index (κ3) is 7.98. The zero-order valence-corrected chi connectivity index (χ0v) is 25.3. The molecule has 3 aromatic rings. The average Bonchev–Trinajstić information content (AvgIpc) is 3.00. The summed E-state index contributed by atoms with van der Waals surface area (Å²) in [5, 5.41) is 14.7. The lowest BCUT2D eigenvalue weighted by atomic mass is 9.95. The van der Waals surface area contributed by atoms with Gasteiger partial charge >= 0.3 is 0 Å². The maximum atomic E-state index is 14.2. The minimum absolute atomic E-state index is 0.0263. The molecule has 1 saturated carbocycles. The number of aryl methyl sites for hydroxylation is 1. The van der Waals surface area contributed by atoms with E-state index in [0.29, 0.717) is 6.42 Å². The SMILES string of the molecule is CC[C@H](C(=O)NC1CCCCC1)N(Cc1cccc(C)c1)C(=O)CN(c1cccc([N+](=O)[O-])c1)S(=O)(=O)c1ccccc1. The van der Waals surface area contributed by atoms with Crippen LogP contribution in [0.4, 0.5) is 11.4 Å². The van der Waals surface area contributed by atoms with Crippen LogP contribution in [0.5, 0.6) is 0 Å². The molecule has 3 aromatic carbocycles. The van der Waals surface area contributed by atoms with Crippen LogP contribution in [-0.4, -0.2) is 48.7 Å². The number of rotatable bonds is 12. The number of amides is 2. The Morgan fingerprint density at radius 2 is 1.67 bits per heavy atom. The maximum Gasteiger partial charge on any atom is 0.271 e. The summed E-state index contributed by atoms with van der Waals surface area (Å²) >= 11 is 0. The summed E-state index contributed by atoms with van der Waals surface area (Å²) in [5.41, 5.74) is 1.44. The zero-order chi connectivity index (χ0) is 31.0. The third-order valence-corrected chi connectivity index (χ3v) is 9.50. The largest absolute Gasteiger partial charge is 0.352 e. The number of sulfonamides is 1. The van der Waals surface area contributed by atoms with Gasteiger partial charge in [0.15, 0.2) is 0 Å². The molecule has 228 valence electrons. The lowest BCUT2D eigenvalue weighted by Gasteiger charge is -2.34. The van der Waals surface area contributed by atoms with Crippen molar-refractivity contribution in [2.45, 2.75) is 75.9 Å². The van der Waals surface area contributed by atoms with E-state index in [1.807, 2.05) is 38.1 Å². The number of nitrogens with zero attached hydrogens (tertiary/aromatic N) is 3. The molecule has 43 heavy (non-hydrogen) atoms. The lowest BCUT2D eigenvalue weighted by molar-refractivity contribution is -0.384. The van der Waals surface area contributed by atoms with Crippen LogP contribution in [-0.2, 0) is 26.2 Å². The minimum atomic E-state index is -4.32. The van der Waals surface area contributed by atoms with Crippen molar-refractivity contribution in [2.75, 3.05) is 10.8 Å². The highest BCUT2D eigenvalue weighted by Gasteiger charge is 2.34. The Morgan fingerprint density at radius 3 is 2.33 bits per heavy atom. The van der Waals surface area contributed by atoms with Gasteiger partial charge < -0.3 is 10.2 Å². The molecule has 0 spiro atoms. The molecular formula is C32H38N4O6S. The Hall–Kier alpha value is -4.25. The maximum absolute atomic E-state index is 14.2. The molecular weight excluding hydrogens is 568 g/mol. The summed E-state index contributed by atoms with van der Waals surface area (Å²) in [6.07, 6.45) is 5.27. The highest BCUT2D eigenvalue weighted by Crippen LogP contribution is 2.28. The van der Waals surface area contributed by atoms with Crippen molar-refractivity contribution in [3.8, 4) is 0 Å². The molecule has 0 radical (unpaired) electrons. The van der Waals surface area contributed by atoms with Gasteiger partial charge in [0.25, 0.3) is 15.7 Å². The van der Waals surface area contributed by atoms with Crippen LogP contribution in [0.15, 0.2) is 83.8 Å². The zero-order valence-electron chi connectivity index (χ0n) is 24.5. The Bertz CT molecular complexity index is 1540. The normalized spacial score (nSPS) is 14.5. The topological polar surface area (TPSA) is 130 Å². The molecule has 1 aliphatic carbocycles. The van der Waals surface area contributed by atoms with E-state index in [-0.39, 0.29) is 34.8 Å². The number of nitro benzene ring substituents is 1. The Labute approximate surface area is 252 Å². The van der Waals surface area contributed by atoms with Gasteiger partial charge in [0.05, 0.1) is 15.5 Å². The molecule has 11 heteroatoms. The summed E-state index contributed by atoms with van der Waals surface area (Å²) in [5.74, 6) is -0.874. The highest BCUT2D eigenvalue weighted by molar-refractivity contribution is 7.92. The summed E-state index contributed by atoms with van der Waals surface area (Å²) < 4.78 is 28.7. The molecule has 0 heterocycles. The van der Waals surface area contributed by atoms with Crippen molar-refractivity contribution in [3.05, 3.63) is 100 Å². The lowest BCUT2D eigenvalue weighted by Crippen LogP contribution is -2.54. The Balaban J connectivity index is 1.73. The third-order valence-electron chi connectivity index (χ3n) is 7.71. The number of carbonyl (C=O) groups excluding carboxylic acids is 2. The van der Waals surface area contributed by atoms with Gasteiger partial charge in [0.2, 0.25) is 11.8 Å². The number of hydrogen-bond donors (Lipinski definition) is 1. The standard InChI is InChI=1S/C32H38N4O6S/c1-3-30(32(38)33-26-14-6-4-7-15-26)34(22-25-13-10-12-24(2)20-25)31(37)23-35(27-16-11-17-28(21-27)36(39)40)43(41,42)29-18-8-5-9-19-29/h5,8-13,16-21,26,30H,3-4,6-7,14-15,22-23H2,1-2H3,(H,33,38)/t30-/m1/s1. The van der Waals surface area contributed by atoms with E-state index < -0.39 is 33.4 Å². The van der Waals surface area contributed by atoms with Gasteiger partial charge in [0, 0.05) is 24.7 Å². The Kier molecular flexibility index (Phi) is 10.5. The van der Waals surface area contributed by atoms with Crippen molar-refractivity contribution in [2.24, 2.45) is 0 Å². The number of carbonyl (C=O) groups is 2. The summed E-state index contributed by atoms with van der Waals surface area (Å²) in [6.45, 7) is 3.18. The first-order valence-electron chi connectivity index (χ1n) is 14.6. The second kappa shape index (κ2) is 14.3. The molecule has 1 N–H and O–H groups in total. The molecule has 4 rings (SSSR count). The highest BCUT2D eigenvalue weighted by atomic mass is 32.2. The van der Waals surface area contributed by atoms with E-state index in [1.54, 1.807) is 18.2 Å². The molecule has 0 aromatic heterocycles. The van der Waals surface area contributed by atoms with Gasteiger partial charge in [-0.25, -0.2) is 8.42 Å². The van der Waals surface area contributed by atoms with Gasteiger partial charge in [-0.3, -0.25) is 24.0 Å². The second-order valence-corrected chi connectivity index (χ2v) is 12.7. The fourth-order valence-electron chi connectivity index (χ4n) is 5.48. The number of anilines is 1. The first-order chi connectivity index (χ1) is 20.6. The molecule has 0 aliphatic heterocycles. The first-order valence-corrected chi connectivity index (χ1v) is 16.0. The van der Waals surface area contributed by atoms with Gasteiger partial charge in [-0.2, -0.15) is 0 Å². The quantitative estimate of drug-likeness (QED) is 0.218. The predicted molar refractivity (Wildman–Crippen MR) is 165 cm³/mol. The molecule has 2 amide bonds. The van der Waals surface area contributed by atoms with Crippen LogP contribution in [0, 0.1) is 17.0 Å². The molecule has 1 atom stereocenters. The van der Waals surface area contributed by atoms with Crippen LogP contribution in [0.2, 0.25) is 0 Å². The fourth-order valence-corrected chi connectivity index (χ4v) is 6.91. The van der Waals surface area contributed by atoms with Crippen LogP contribution >= 0.6 is 0 Å². The number of non-ortho nitro benzene ring substituents is 1. The van der Waals surface area contributed by atoms with E-state index in [2.05, 4.69) is 5.32 Å². The first kappa shape index (κ1) is 31.7. The van der Waals surface area contributed by atoms with Crippen molar-refractivity contribution in [3.63, 3.8) is 0 Å². The second-order valence-electron chi connectivity index (χ2n) is 10.9. The summed E-state index contributed by atoms with van der Waals surface area (Å²) in [4.78, 5) is 40.1. The minimum Gasteiger partial charge on any atom is -0.352 e. The van der Waals surface area contributed by atoms with Gasteiger partial charge in [-0.1, -0.05) is 80.3 Å². The van der Waals surface area contributed by atoms with Crippen molar-refractivity contribution >= 4 is 33.2 Å². The van der Waals surface area contributed by atoms with Gasteiger partial charge in [0.1, 0.15) is 12.6 Å². The van der Waals surface area contributed by atoms with Crippen molar-refractivity contribution in [1.82, 2.24) is 10.2 Å². The number of hydrogen-bond acceptors (Lipinski definition) is 6. The number of nitro groups is 1. The van der Waals surface area contributed by atoms with E-state index in [9.17, 15) is 28.1 Å². The number of nitrogens with one attached hydrogen (secondary N) is 1. The molecule has 0 saturated heterocycles. The fraction of sp³-hybridized carbons (Fsp3) is 0.375. The van der Waals surface area contributed by atoms with Crippen molar-refractivity contribution < 1.29 is 22.9 Å². The average molecular weight is 607 g/mol. The molecule has 0 bridgehead atoms. The molecule has 1 aliphatic rings. The van der Waals surface area contributed by atoms with E-state index in [4.69, 9.17) is 0 Å². The van der Waals surface area contributed by atoms with Gasteiger partial charge in [-0.15, -0.1) is 0 Å². The molecule has 1 fully saturated rings. The van der Waals surface area contributed by atoms with Crippen LogP contribution < -0.4 is 9.62 Å². The van der Waals surface area contributed by atoms with E-state index in [1.165, 1.54) is 35.2 Å². The van der Waals surface area contributed by atoms with E-state index in [0.717, 1.165) is 53.6 Å². The summed E-state index contributed by atoms with van der Waals surface area (Å²) in [6, 6.07) is 19.5. The van der Waals surface area contributed by atoms with Gasteiger partial charge in [-0.05, 0) is 49.9 Å². The van der Waals surface area contributed by atoms with Crippen LogP contribution in [0.1, 0.15) is 56.6 Å². The van der Waals surface area contributed by atoms with Crippen LogP contribution in [0.25, 0.3) is 0 Å². The number of benzene rings is 3. The van der Waals surface area contributed by atoms with E-state index >= 15 is 0 Å². The Morgan fingerprint density at radius 1 is 0.977 bits per heavy atom. The predicted octanol–water partition coefficient (Wildman–Crippen LogP) is 5.35. The van der Waals surface area contributed by atoms with Crippen molar-refractivity contribution in [1.29, 1.82) is 0 Å². The summed E-state index contributed by atoms with van der Waals surface area (Å²) in [7, 11) is -4.32. The monoisotopic (exact) mass is 606 g/mol. The smallest absolute Gasteiger partial charge is 0.271 e. The molecule has 10 nitrogen and oxygen atoms in total. The molecule has 0 unspecified atom stereocenters. The van der Waals surface area contributed by atoms with Crippen LogP contribution in [0.3, 0.4) is 0 Å².